The molecule has 7 aromatic rings. The van der Waals surface area contributed by atoms with E-state index < -0.39 is 5.41 Å². The summed E-state index contributed by atoms with van der Waals surface area (Å²) in [4.78, 5) is 4.67. The minimum atomic E-state index is -0.456. The summed E-state index contributed by atoms with van der Waals surface area (Å²) in [5.41, 5.74) is 12.8. The van der Waals surface area contributed by atoms with Gasteiger partial charge in [0.2, 0.25) is 0 Å². The summed E-state index contributed by atoms with van der Waals surface area (Å²) in [5, 5.41) is 1.15. The van der Waals surface area contributed by atoms with E-state index in [2.05, 4.69) is 145 Å². The Morgan fingerprint density at radius 2 is 1.02 bits per heavy atom. The fraction of sp³-hybridized carbons (Fsp3) is 0.0250. The van der Waals surface area contributed by atoms with Crippen molar-refractivity contribution in [2.75, 3.05) is 0 Å². The fourth-order valence-electron chi connectivity index (χ4n) is 7.22. The van der Waals surface area contributed by atoms with Crippen LogP contribution in [0.25, 0.3) is 44.3 Å². The molecular formula is C40H25NO. The van der Waals surface area contributed by atoms with Gasteiger partial charge < -0.3 is 4.74 Å². The standard InChI is InChI=1S/C40H25NO/c1-3-14-33-31(11-1)32-12-2-4-15-34(32)40(33)35-16-5-6-17-37(35)42-38-23-22-29(25-36(38)40)26-18-20-27(21-19-26)30-13-7-9-28-10-8-24-41-39(28)30/h1-25H. The van der Waals surface area contributed by atoms with Crippen molar-refractivity contribution in [2.45, 2.75) is 5.41 Å². The lowest BCUT2D eigenvalue weighted by Gasteiger charge is -2.39. The Morgan fingerprint density at radius 3 is 1.81 bits per heavy atom. The van der Waals surface area contributed by atoms with Crippen molar-refractivity contribution in [1.82, 2.24) is 4.98 Å². The van der Waals surface area contributed by atoms with Crippen LogP contribution in [-0.2, 0) is 5.41 Å². The van der Waals surface area contributed by atoms with Gasteiger partial charge in [0.05, 0.1) is 10.9 Å². The molecule has 1 spiro atoms. The topological polar surface area (TPSA) is 22.1 Å². The third-order valence-corrected chi connectivity index (χ3v) is 9.01. The highest BCUT2D eigenvalue weighted by Crippen LogP contribution is 2.62. The minimum Gasteiger partial charge on any atom is -0.457 e. The minimum absolute atomic E-state index is 0.456. The summed E-state index contributed by atoms with van der Waals surface area (Å²) < 4.78 is 6.60. The molecule has 6 aromatic carbocycles. The first kappa shape index (κ1) is 23.3. The molecule has 0 bridgehead atoms. The highest BCUT2D eigenvalue weighted by Gasteiger charge is 2.50. The Hall–Kier alpha value is -5.47. The highest BCUT2D eigenvalue weighted by atomic mass is 16.5. The summed E-state index contributed by atoms with van der Waals surface area (Å²) in [6.07, 6.45) is 1.86. The van der Waals surface area contributed by atoms with Gasteiger partial charge >= 0.3 is 0 Å². The number of pyridine rings is 1. The molecule has 196 valence electrons. The number of rotatable bonds is 2. The van der Waals surface area contributed by atoms with Crippen LogP contribution in [0.3, 0.4) is 0 Å². The monoisotopic (exact) mass is 535 g/mol. The predicted octanol–water partition coefficient (Wildman–Crippen LogP) is 10.0. The summed E-state index contributed by atoms with van der Waals surface area (Å²) in [6.45, 7) is 0. The summed E-state index contributed by atoms with van der Waals surface area (Å²) >= 11 is 0. The Labute approximate surface area is 244 Å². The molecule has 0 saturated heterocycles. The Morgan fingerprint density at radius 1 is 0.429 bits per heavy atom. The normalized spacial score (nSPS) is 13.6. The molecule has 0 saturated carbocycles. The van der Waals surface area contributed by atoms with Crippen molar-refractivity contribution < 1.29 is 4.74 Å². The number of hydrogen-bond donors (Lipinski definition) is 0. The average molecular weight is 536 g/mol. The molecule has 9 rings (SSSR count). The average Bonchev–Trinajstić information content (AvgIpc) is 3.35. The molecule has 42 heavy (non-hydrogen) atoms. The van der Waals surface area contributed by atoms with Crippen LogP contribution < -0.4 is 4.74 Å². The maximum atomic E-state index is 6.60. The lowest BCUT2D eigenvalue weighted by molar-refractivity contribution is 0.436. The van der Waals surface area contributed by atoms with Gasteiger partial charge in [-0.1, -0.05) is 121 Å². The summed E-state index contributed by atoms with van der Waals surface area (Å²) in [5.74, 6) is 1.82. The SMILES string of the molecule is c1ccc2c(c1)Oc1ccc(-c3ccc(-c4cccc5cccnc45)cc3)cc1C21c2ccccc2-c2ccccc21. The number of ether oxygens (including phenoxy) is 1. The van der Waals surface area contributed by atoms with Crippen molar-refractivity contribution in [3.05, 3.63) is 174 Å². The van der Waals surface area contributed by atoms with E-state index in [9.17, 15) is 0 Å². The van der Waals surface area contributed by atoms with Crippen LogP contribution in [0.1, 0.15) is 22.3 Å². The maximum Gasteiger partial charge on any atom is 0.132 e. The van der Waals surface area contributed by atoms with Gasteiger partial charge in [-0.15, -0.1) is 0 Å². The molecule has 1 aliphatic heterocycles. The van der Waals surface area contributed by atoms with Gasteiger partial charge in [0.1, 0.15) is 11.5 Å². The number of hydrogen-bond acceptors (Lipinski definition) is 2. The molecule has 0 unspecified atom stereocenters. The third kappa shape index (κ3) is 3.12. The van der Waals surface area contributed by atoms with Crippen molar-refractivity contribution in [3.8, 4) is 44.9 Å². The molecule has 0 radical (unpaired) electrons. The van der Waals surface area contributed by atoms with Crippen LogP contribution in [-0.4, -0.2) is 4.98 Å². The second-order valence-corrected chi connectivity index (χ2v) is 11.1. The first-order valence-corrected chi connectivity index (χ1v) is 14.4. The number of nitrogens with zero attached hydrogens (tertiary/aromatic N) is 1. The van der Waals surface area contributed by atoms with Gasteiger partial charge in [-0.25, -0.2) is 0 Å². The van der Waals surface area contributed by atoms with Gasteiger partial charge in [-0.2, -0.15) is 0 Å². The van der Waals surface area contributed by atoms with Crippen LogP contribution in [0.2, 0.25) is 0 Å². The van der Waals surface area contributed by atoms with Crippen LogP contribution in [0.15, 0.2) is 152 Å². The van der Waals surface area contributed by atoms with E-state index in [1.165, 1.54) is 44.5 Å². The van der Waals surface area contributed by atoms with E-state index in [1.54, 1.807) is 0 Å². The fourth-order valence-corrected chi connectivity index (χ4v) is 7.22. The van der Waals surface area contributed by atoms with Crippen LogP contribution in [0.4, 0.5) is 0 Å². The van der Waals surface area contributed by atoms with Crippen LogP contribution in [0, 0.1) is 0 Å². The molecule has 0 N–H and O–H groups in total. The van der Waals surface area contributed by atoms with Gasteiger partial charge in [0.25, 0.3) is 0 Å². The zero-order valence-electron chi connectivity index (χ0n) is 22.8. The molecule has 2 nitrogen and oxygen atoms in total. The first-order valence-electron chi connectivity index (χ1n) is 14.4. The Kier molecular flexibility index (Phi) is 4.85. The van der Waals surface area contributed by atoms with E-state index in [4.69, 9.17) is 4.74 Å². The zero-order valence-corrected chi connectivity index (χ0v) is 22.8. The highest BCUT2D eigenvalue weighted by molar-refractivity contribution is 5.94. The number of fused-ring (bicyclic) bond motifs is 10. The molecule has 2 heteroatoms. The van der Waals surface area contributed by atoms with E-state index in [-0.39, 0.29) is 0 Å². The van der Waals surface area contributed by atoms with Gasteiger partial charge in [0.15, 0.2) is 0 Å². The second kappa shape index (κ2) is 8.76. The Balaban J connectivity index is 1.24. The predicted molar refractivity (Wildman–Crippen MR) is 170 cm³/mol. The van der Waals surface area contributed by atoms with Gasteiger partial charge in [-0.3, -0.25) is 4.98 Å². The van der Waals surface area contributed by atoms with Crippen LogP contribution in [0.5, 0.6) is 11.5 Å². The maximum absolute atomic E-state index is 6.60. The smallest absolute Gasteiger partial charge is 0.132 e. The number of para-hydroxylation sites is 2. The van der Waals surface area contributed by atoms with Crippen molar-refractivity contribution in [2.24, 2.45) is 0 Å². The van der Waals surface area contributed by atoms with Crippen molar-refractivity contribution in [1.29, 1.82) is 0 Å². The molecular weight excluding hydrogens is 510 g/mol. The van der Waals surface area contributed by atoms with E-state index in [0.29, 0.717) is 0 Å². The van der Waals surface area contributed by atoms with Crippen molar-refractivity contribution in [3.63, 3.8) is 0 Å². The summed E-state index contributed by atoms with van der Waals surface area (Å²) in [7, 11) is 0. The largest absolute Gasteiger partial charge is 0.457 e. The molecule has 2 heterocycles. The summed E-state index contributed by atoms with van der Waals surface area (Å²) in [6, 6.07) is 52.2. The number of aromatic nitrogens is 1. The Bertz CT molecular complexity index is 2130. The van der Waals surface area contributed by atoms with Gasteiger partial charge in [-0.05, 0) is 63.2 Å². The number of benzene rings is 6. The lowest BCUT2D eigenvalue weighted by atomic mass is 9.66. The van der Waals surface area contributed by atoms with Crippen LogP contribution >= 0.6 is 0 Å². The molecule has 1 aliphatic carbocycles. The first-order chi connectivity index (χ1) is 20.8. The molecule has 2 aliphatic rings. The molecule has 0 atom stereocenters. The van der Waals surface area contributed by atoms with E-state index in [1.807, 2.05) is 12.3 Å². The molecule has 0 fully saturated rings. The second-order valence-electron chi connectivity index (χ2n) is 11.1. The van der Waals surface area contributed by atoms with E-state index >= 15 is 0 Å². The van der Waals surface area contributed by atoms with Crippen molar-refractivity contribution >= 4 is 10.9 Å². The molecule has 0 amide bonds. The van der Waals surface area contributed by atoms with Gasteiger partial charge in [0, 0.05) is 28.3 Å². The third-order valence-electron chi connectivity index (χ3n) is 9.01. The molecule has 1 aromatic heterocycles. The zero-order chi connectivity index (χ0) is 27.7. The quantitative estimate of drug-likeness (QED) is 0.220. The van der Waals surface area contributed by atoms with E-state index in [0.717, 1.165) is 33.5 Å². The lowest BCUT2D eigenvalue weighted by Crippen LogP contribution is -2.32.